The molecule has 1 aliphatic rings. The molecule has 8 heavy (non-hydrogen) atoms. The number of thioether (sulfide) groups is 2. The average Bonchev–Trinajstić information content (AvgIpc) is 2.12. The predicted molar refractivity (Wildman–Crippen MR) is 40.4 cm³/mol. The van der Waals surface area contributed by atoms with Gasteiger partial charge in [0.25, 0.3) is 0 Å². The Morgan fingerprint density at radius 3 is 2.25 bits per heavy atom. The first-order valence-electron chi connectivity index (χ1n) is 2.72. The molecular formula is C5H10OS2. The smallest absolute Gasteiger partial charge is 0.0759 e. The first-order chi connectivity index (χ1) is 3.80. The fourth-order valence-electron chi connectivity index (χ4n) is 0.655. The van der Waals surface area contributed by atoms with Crippen molar-refractivity contribution in [2.75, 3.05) is 11.5 Å². The number of aliphatic hydroxyl groups is 1. The molecule has 3 heteroatoms. The Bertz CT molecular complexity index is 68.8. The maximum atomic E-state index is 9.01. The Balaban J connectivity index is 2.24. The van der Waals surface area contributed by atoms with E-state index in [9.17, 15) is 0 Å². The first-order valence-corrected chi connectivity index (χ1v) is 4.82. The SMILES string of the molecule is C[C@@H](O)C1SCCS1. The van der Waals surface area contributed by atoms with Crippen molar-refractivity contribution in [3.63, 3.8) is 0 Å². The highest BCUT2D eigenvalue weighted by Crippen LogP contribution is 2.33. The summed E-state index contributed by atoms with van der Waals surface area (Å²) in [4.78, 5) is 0. The summed E-state index contributed by atoms with van der Waals surface area (Å²) in [5, 5.41) is 9.01. The van der Waals surface area contributed by atoms with Crippen LogP contribution in [0.2, 0.25) is 0 Å². The topological polar surface area (TPSA) is 20.2 Å². The third-order valence-corrected chi connectivity index (χ3v) is 4.44. The van der Waals surface area contributed by atoms with E-state index in [1.807, 2.05) is 30.4 Å². The molecule has 1 atom stereocenters. The second-order valence-corrected chi connectivity index (χ2v) is 4.65. The second-order valence-electron chi connectivity index (χ2n) is 1.85. The van der Waals surface area contributed by atoms with Gasteiger partial charge < -0.3 is 5.11 Å². The van der Waals surface area contributed by atoms with E-state index in [1.165, 1.54) is 11.5 Å². The van der Waals surface area contributed by atoms with E-state index in [2.05, 4.69) is 0 Å². The van der Waals surface area contributed by atoms with Crippen molar-refractivity contribution >= 4 is 23.5 Å². The van der Waals surface area contributed by atoms with Gasteiger partial charge in [0, 0.05) is 11.5 Å². The van der Waals surface area contributed by atoms with Crippen molar-refractivity contribution in [3.05, 3.63) is 0 Å². The highest BCUT2D eigenvalue weighted by atomic mass is 32.2. The molecule has 0 radical (unpaired) electrons. The van der Waals surface area contributed by atoms with Crippen LogP contribution in [0.3, 0.4) is 0 Å². The minimum atomic E-state index is -0.132. The molecule has 1 fully saturated rings. The summed E-state index contributed by atoms with van der Waals surface area (Å²) in [7, 11) is 0. The molecule has 0 amide bonds. The molecule has 0 aromatic rings. The second kappa shape index (κ2) is 2.99. The van der Waals surface area contributed by atoms with Gasteiger partial charge in [-0.1, -0.05) is 0 Å². The molecule has 1 N–H and O–H groups in total. The molecule has 1 saturated heterocycles. The molecule has 1 aliphatic heterocycles. The lowest BCUT2D eigenvalue weighted by Gasteiger charge is -2.08. The summed E-state index contributed by atoms with van der Waals surface area (Å²) < 4.78 is 0.454. The standard InChI is InChI=1S/C5H10OS2/c1-4(6)5-7-2-3-8-5/h4-6H,2-3H2,1H3/t4-/m1/s1. The Hall–Kier alpha value is 0.660. The fourth-order valence-corrected chi connectivity index (χ4v) is 3.41. The zero-order valence-electron chi connectivity index (χ0n) is 4.83. The lowest BCUT2D eigenvalue weighted by molar-refractivity contribution is 0.213. The summed E-state index contributed by atoms with van der Waals surface area (Å²) >= 11 is 3.73. The van der Waals surface area contributed by atoms with Gasteiger partial charge in [0.1, 0.15) is 0 Å². The maximum absolute atomic E-state index is 9.01. The van der Waals surface area contributed by atoms with Gasteiger partial charge in [-0.05, 0) is 6.92 Å². The van der Waals surface area contributed by atoms with Crippen molar-refractivity contribution < 1.29 is 5.11 Å². The molecule has 1 heterocycles. The Morgan fingerprint density at radius 1 is 1.50 bits per heavy atom. The molecular weight excluding hydrogens is 140 g/mol. The highest BCUT2D eigenvalue weighted by Gasteiger charge is 2.20. The normalized spacial score (nSPS) is 26.2. The Labute approximate surface area is 58.2 Å². The van der Waals surface area contributed by atoms with Gasteiger partial charge in [0.2, 0.25) is 0 Å². The van der Waals surface area contributed by atoms with Crippen molar-refractivity contribution in [3.8, 4) is 0 Å². The van der Waals surface area contributed by atoms with E-state index in [0.717, 1.165) is 0 Å². The van der Waals surface area contributed by atoms with E-state index in [-0.39, 0.29) is 6.10 Å². The van der Waals surface area contributed by atoms with Gasteiger partial charge in [-0.2, -0.15) is 0 Å². The quantitative estimate of drug-likeness (QED) is 0.606. The maximum Gasteiger partial charge on any atom is 0.0759 e. The molecule has 0 spiro atoms. The summed E-state index contributed by atoms with van der Waals surface area (Å²) in [5.74, 6) is 2.42. The zero-order chi connectivity index (χ0) is 5.98. The van der Waals surface area contributed by atoms with Crippen molar-refractivity contribution in [1.29, 1.82) is 0 Å². The fraction of sp³-hybridized carbons (Fsp3) is 1.00. The number of hydrogen-bond acceptors (Lipinski definition) is 3. The van der Waals surface area contributed by atoms with Crippen LogP contribution in [0.5, 0.6) is 0 Å². The number of aliphatic hydroxyl groups excluding tert-OH is 1. The van der Waals surface area contributed by atoms with Crippen LogP contribution in [0, 0.1) is 0 Å². The van der Waals surface area contributed by atoms with Gasteiger partial charge in [0.15, 0.2) is 0 Å². The summed E-state index contributed by atoms with van der Waals surface area (Å²) in [6.45, 7) is 1.86. The van der Waals surface area contributed by atoms with Gasteiger partial charge in [-0.3, -0.25) is 0 Å². The predicted octanol–water partition coefficient (Wildman–Crippen LogP) is 1.17. The molecule has 0 bridgehead atoms. The van der Waals surface area contributed by atoms with Crippen molar-refractivity contribution in [2.45, 2.75) is 17.6 Å². The molecule has 0 aromatic heterocycles. The monoisotopic (exact) mass is 150 g/mol. The van der Waals surface area contributed by atoms with Crippen LogP contribution in [-0.2, 0) is 0 Å². The Kier molecular flexibility index (Phi) is 2.53. The van der Waals surface area contributed by atoms with Crippen LogP contribution in [0.1, 0.15) is 6.92 Å². The minimum Gasteiger partial charge on any atom is -0.391 e. The van der Waals surface area contributed by atoms with Crippen LogP contribution < -0.4 is 0 Å². The zero-order valence-corrected chi connectivity index (χ0v) is 6.47. The average molecular weight is 150 g/mol. The van der Waals surface area contributed by atoms with Gasteiger partial charge in [0.05, 0.1) is 10.7 Å². The first kappa shape index (κ1) is 6.78. The van der Waals surface area contributed by atoms with E-state index in [4.69, 9.17) is 5.11 Å². The molecule has 1 nitrogen and oxygen atoms in total. The van der Waals surface area contributed by atoms with E-state index in [0.29, 0.717) is 4.58 Å². The molecule has 1 rings (SSSR count). The van der Waals surface area contributed by atoms with Crippen LogP contribution in [0.15, 0.2) is 0 Å². The summed E-state index contributed by atoms with van der Waals surface area (Å²) in [5.41, 5.74) is 0. The third kappa shape index (κ3) is 1.57. The lowest BCUT2D eigenvalue weighted by atomic mass is 10.5. The van der Waals surface area contributed by atoms with Crippen LogP contribution in [0.25, 0.3) is 0 Å². The van der Waals surface area contributed by atoms with E-state index < -0.39 is 0 Å². The van der Waals surface area contributed by atoms with E-state index >= 15 is 0 Å². The van der Waals surface area contributed by atoms with Gasteiger partial charge in [-0.15, -0.1) is 23.5 Å². The summed E-state index contributed by atoms with van der Waals surface area (Å²) in [6.07, 6.45) is -0.132. The summed E-state index contributed by atoms with van der Waals surface area (Å²) in [6, 6.07) is 0. The Morgan fingerprint density at radius 2 is 2.00 bits per heavy atom. The minimum absolute atomic E-state index is 0.132. The lowest BCUT2D eigenvalue weighted by Crippen LogP contribution is -2.12. The number of rotatable bonds is 1. The molecule has 0 aliphatic carbocycles. The number of hydrogen-bond donors (Lipinski definition) is 1. The largest absolute Gasteiger partial charge is 0.391 e. The van der Waals surface area contributed by atoms with Crippen molar-refractivity contribution in [2.24, 2.45) is 0 Å². The van der Waals surface area contributed by atoms with Crippen LogP contribution in [-0.4, -0.2) is 27.3 Å². The highest BCUT2D eigenvalue weighted by molar-refractivity contribution is 8.20. The van der Waals surface area contributed by atoms with E-state index in [1.54, 1.807) is 0 Å². The van der Waals surface area contributed by atoms with Gasteiger partial charge in [-0.25, -0.2) is 0 Å². The molecule has 48 valence electrons. The molecule has 0 saturated carbocycles. The van der Waals surface area contributed by atoms with Crippen LogP contribution >= 0.6 is 23.5 Å². The van der Waals surface area contributed by atoms with Crippen LogP contribution in [0.4, 0.5) is 0 Å². The third-order valence-electron chi connectivity index (χ3n) is 1.04. The molecule has 0 aromatic carbocycles. The van der Waals surface area contributed by atoms with Gasteiger partial charge >= 0.3 is 0 Å². The molecule has 0 unspecified atom stereocenters. The van der Waals surface area contributed by atoms with Crippen molar-refractivity contribution in [1.82, 2.24) is 0 Å².